The van der Waals surface area contributed by atoms with E-state index in [-0.39, 0.29) is 34.7 Å². The van der Waals surface area contributed by atoms with Crippen molar-refractivity contribution < 1.29 is 29.0 Å². The van der Waals surface area contributed by atoms with Gasteiger partial charge in [-0.3, -0.25) is 14.6 Å². The predicted molar refractivity (Wildman–Crippen MR) is 291 cm³/mol. The first-order valence-corrected chi connectivity index (χ1v) is 26.6. The first kappa shape index (κ1) is 50.2. The molecule has 4 atom stereocenters. The number of rotatable bonds is 12. The first-order valence-electron chi connectivity index (χ1n) is 26.6. The number of carbonyl (C=O) groups excluding carboxylic acids is 3. The minimum atomic E-state index is -1.01. The van der Waals surface area contributed by atoms with Crippen LogP contribution in [0.3, 0.4) is 0 Å². The van der Waals surface area contributed by atoms with Crippen LogP contribution in [0.4, 0.5) is 4.79 Å². The molecule has 0 saturated carbocycles. The van der Waals surface area contributed by atoms with Crippen molar-refractivity contribution in [3.05, 3.63) is 167 Å². The maximum absolute atomic E-state index is 14.2. The van der Waals surface area contributed by atoms with E-state index >= 15 is 0 Å². The number of carbonyl (C=O) groups is 3. The fourth-order valence-corrected chi connectivity index (χ4v) is 12.7. The molecule has 14 nitrogen and oxygen atoms in total. The molecule has 0 spiro atoms. The van der Waals surface area contributed by atoms with E-state index in [9.17, 15) is 19.5 Å². The molecule has 2 aromatic heterocycles. The lowest BCUT2D eigenvalue weighted by Gasteiger charge is -2.30. The van der Waals surface area contributed by atoms with Gasteiger partial charge in [-0.1, -0.05) is 137 Å². The maximum atomic E-state index is 14.2. The molecule has 2 saturated heterocycles. The molecule has 2 aliphatic carbocycles. The summed E-state index contributed by atoms with van der Waals surface area (Å²) in [6, 6.07) is 33.8. The first-order chi connectivity index (χ1) is 36.7. The van der Waals surface area contributed by atoms with Crippen molar-refractivity contribution in [2.75, 3.05) is 27.3 Å². The van der Waals surface area contributed by atoms with E-state index in [2.05, 4.69) is 96.5 Å². The standard InChI is InChI=1S/C62H66N8O6/c1-61(2)31-29-43-50(40-27-23-38(24-28-40)46-36-64-56(66-46)48-20-14-34-70(48)58(72)54(68-60(74)76-6)42-17-11-8-12-18-42)52-44(30-32-62(52,3)4)49(51(43)61)39-25-21-37(22-26-39)45-35-63-55(65-45)47-19-13-33-69(47)57(71)53(67-59(73)75-5)41-15-9-7-10-16-41/h7-12,15-18,21-28,35-36,47-48,53-54H,13-14,19-20,29-34H2,1-6H3,(H,63,65)(H,64,66)(H,67,73)(H,68,74)/p-1/t47-,48-,53?,54?/m0/s1. The van der Waals surface area contributed by atoms with E-state index in [1.165, 1.54) is 58.7 Å². The van der Waals surface area contributed by atoms with Gasteiger partial charge in [-0.05, 0) is 136 Å². The molecule has 2 unspecified atom stereocenters. The molecule has 2 aliphatic heterocycles. The summed E-state index contributed by atoms with van der Waals surface area (Å²) in [5.41, 5.74) is 16.0. The van der Waals surface area contributed by atoms with E-state index in [0.29, 0.717) is 30.0 Å². The van der Waals surface area contributed by atoms with Crippen LogP contribution in [0.25, 0.3) is 44.8 Å². The second-order valence-corrected chi connectivity index (χ2v) is 22.0. The van der Waals surface area contributed by atoms with Gasteiger partial charge in [-0.25, -0.2) is 14.8 Å². The Balaban J connectivity index is 0.864. The number of aromatic nitrogens is 4. The number of hydrogen-bond donors (Lipinski definition) is 3. The van der Waals surface area contributed by atoms with Gasteiger partial charge >= 0.3 is 6.09 Å². The second-order valence-electron chi connectivity index (χ2n) is 22.0. The van der Waals surface area contributed by atoms with E-state index in [1.54, 1.807) is 4.90 Å². The number of imidazole rings is 2. The van der Waals surface area contributed by atoms with Crippen molar-refractivity contribution in [1.29, 1.82) is 0 Å². The molecule has 3 amide bonds. The van der Waals surface area contributed by atoms with E-state index in [0.717, 1.165) is 79.7 Å². The molecule has 11 rings (SSSR count). The number of nitrogens with one attached hydrogen (secondary N) is 3. The number of aliphatic imine (C=N–C) groups is 1. The predicted octanol–water partition coefficient (Wildman–Crippen LogP) is 10.8. The average molecular weight is 1020 g/mol. The summed E-state index contributed by atoms with van der Waals surface area (Å²) in [5.74, 6) is 0.976. The third-order valence-corrected chi connectivity index (χ3v) is 16.5. The zero-order valence-corrected chi connectivity index (χ0v) is 44.1. The summed E-state index contributed by atoms with van der Waals surface area (Å²) in [4.78, 5) is 65.3. The Kier molecular flexibility index (Phi) is 13.4. The van der Waals surface area contributed by atoms with Gasteiger partial charge in [0.15, 0.2) is 6.04 Å². The summed E-state index contributed by atoms with van der Waals surface area (Å²) in [6.07, 6.45) is 9.50. The monoisotopic (exact) mass is 1020 g/mol. The Morgan fingerprint density at radius 2 is 1.08 bits per heavy atom. The van der Waals surface area contributed by atoms with Crippen LogP contribution >= 0.6 is 0 Å². The summed E-state index contributed by atoms with van der Waals surface area (Å²) in [5, 5.41) is 15.1. The normalized spacial score (nSPS) is 19.3. The van der Waals surface area contributed by atoms with E-state index in [4.69, 9.17) is 19.4 Å². The minimum absolute atomic E-state index is 0.0368. The van der Waals surface area contributed by atoms with Crippen LogP contribution in [0.2, 0.25) is 0 Å². The van der Waals surface area contributed by atoms with Crippen LogP contribution in [-0.2, 0) is 42.7 Å². The largest absolute Gasteiger partial charge is 0.604 e. The van der Waals surface area contributed by atoms with Crippen molar-refractivity contribution in [3.8, 4) is 44.8 Å². The van der Waals surface area contributed by atoms with Gasteiger partial charge < -0.3 is 39.7 Å². The fourth-order valence-electron chi connectivity index (χ4n) is 12.7. The topological polar surface area (TPSA) is 181 Å². The molecular weight excluding hydrogens is 953 g/mol. The fraction of sp³-hybridized carbons (Fsp3) is 0.355. The van der Waals surface area contributed by atoms with Crippen LogP contribution in [0.15, 0.2) is 127 Å². The van der Waals surface area contributed by atoms with Gasteiger partial charge in [-0.15, -0.1) is 0 Å². The summed E-state index contributed by atoms with van der Waals surface area (Å²) in [7, 11) is 2.56. The summed E-state index contributed by atoms with van der Waals surface area (Å²) in [6.45, 7) is 10.7. The third-order valence-electron chi connectivity index (χ3n) is 16.5. The van der Waals surface area contributed by atoms with Gasteiger partial charge in [0.25, 0.3) is 11.8 Å². The Morgan fingerprint density at radius 3 is 1.54 bits per heavy atom. The number of alkyl carbamates (subject to hydrolysis) is 1. The number of H-pyrrole nitrogens is 2. The van der Waals surface area contributed by atoms with Gasteiger partial charge in [0.1, 0.15) is 23.8 Å². The highest BCUT2D eigenvalue weighted by molar-refractivity contribution is 5.90. The molecule has 4 heterocycles. The highest BCUT2D eigenvalue weighted by Gasteiger charge is 2.44. The Labute approximate surface area is 444 Å². The van der Waals surface area contributed by atoms with Crippen molar-refractivity contribution in [2.45, 2.75) is 114 Å². The molecule has 0 radical (unpaired) electrons. The van der Waals surface area contributed by atoms with Crippen LogP contribution < -0.4 is 10.4 Å². The molecule has 0 bridgehead atoms. The lowest BCUT2D eigenvalue weighted by atomic mass is 9.73. The highest BCUT2D eigenvalue weighted by Crippen LogP contribution is 2.56. The zero-order valence-electron chi connectivity index (χ0n) is 44.1. The maximum Gasteiger partial charge on any atom is 0.407 e. The molecule has 5 aromatic carbocycles. The average Bonchev–Trinajstić information content (AvgIpc) is 4.38. The molecule has 7 aromatic rings. The lowest BCUT2D eigenvalue weighted by molar-refractivity contribution is -0.248. The van der Waals surface area contributed by atoms with Gasteiger partial charge in [0.05, 0.1) is 43.0 Å². The number of amides is 3. The van der Waals surface area contributed by atoms with E-state index in [1.807, 2.05) is 78.0 Å². The van der Waals surface area contributed by atoms with Gasteiger partial charge in [0, 0.05) is 13.1 Å². The third kappa shape index (κ3) is 9.21. The van der Waals surface area contributed by atoms with Crippen molar-refractivity contribution in [2.24, 2.45) is 4.99 Å². The number of nitrogens with zero attached hydrogens (tertiary/aromatic N) is 5. The highest BCUT2D eigenvalue weighted by atomic mass is 16.6. The molecule has 390 valence electrons. The quantitative estimate of drug-likeness (QED) is 0.0799. The van der Waals surface area contributed by atoms with Crippen molar-refractivity contribution in [1.82, 2.24) is 35.1 Å². The number of likely N-dealkylation sites (tertiary alicyclic amines) is 2. The summed E-state index contributed by atoms with van der Waals surface area (Å²) >= 11 is 0. The number of ether oxygens (including phenoxy) is 2. The number of hydrogen-bond acceptors (Lipinski definition) is 9. The van der Waals surface area contributed by atoms with Crippen LogP contribution in [-0.4, -0.2) is 81.0 Å². The molecular formula is C62H65N8O6-. The van der Waals surface area contributed by atoms with Gasteiger partial charge in [0.2, 0.25) is 0 Å². The number of methoxy groups -OCH3 is 2. The molecule has 76 heavy (non-hydrogen) atoms. The van der Waals surface area contributed by atoms with Crippen LogP contribution in [0.5, 0.6) is 0 Å². The van der Waals surface area contributed by atoms with Crippen molar-refractivity contribution >= 4 is 24.0 Å². The second kappa shape index (κ2) is 20.3. The summed E-state index contributed by atoms with van der Waals surface area (Å²) < 4.78 is 9.74. The number of aromatic amines is 2. The minimum Gasteiger partial charge on any atom is -0.604 e. The Hall–Kier alpha value is -8.00. The smallest absolute Gasteiger partial charge is 0.407 e. The van der Waals surface area contributed by atoms with Crippen LogP contribution in [0.1, 0.15) is 135 Å². The Bertz CT molecular complexity index is 3330. The van der Waals surface area contributed by atoms with Crippen LogP contribution in [0, 0.1) is 0 Å². The molecule has 3 N–H and O–H groups in total. The van der Waals surface area contributed by atoms with E-state index < -0.39 is 24.3 Å². The number of benzene rings is 5. The molecule has 2 fully saturated rings. The Morgan fingerprint density at radius 1 is 0.632 bits per heavy atom. The number of fused-ring (bicyclic) bond motifs is 2. The zero-order chi connectivity index (χ0) is 52.9. The van der Waals surface area contributed by atoms with Gasteiger partial charge in [-0.2, -0.15) is 0 Å². The molecule has 14 heteroatoms. The van der Waals surface area contributed by atoms with Crippen molar-refractivity contribution in [3.63, 3.8) is 0 Å². The molecule has 4 aliphatic rings. The SMILES string of the molecule is COC(=O)NC(C(=O)N1CCC[C@H]1c1ncc(-c2ccc(-c3c4c(c(-c5ccc(-c6cnc([C@@H]7CCCN7C(=O)C(N=C([O-])OC)c7ccccc7)[nH]6)cc5)c5c3C(C)(C)CC5)C(C)(C)CC4)cc2)[nH]1)c1ccccc1. The lowest BCUT2D eigenvalue weighted by Crippen LogP contribution is -2.42.